The maximum atomic E-state index is 11.9. The van der Waals surface area contributed by atoms with Crippen LogP contribution in [0.1, 0.15) is 30.3 Å². The zero-order valence-corrected chi connectivity index (χ0v) is 14.9. The molecule has 1 N–H and O–H groups in total. The summed E-state index contributed by atoms with van der Waals surface area (Å²) >= 11 is 7.91. The first kappa shape index (κ1) is 16.7. The van der Waals surface area contributed by atoms with Crippen LogP contribution < -0.4 is 0 Å². The first-order valence-electron chi connectivity index (χ1n) is 7.62. The predicted molar refractivity (Wildman–Crippen MR) is 97.8 cm³/mol. The number of benzene rings is 1. The summed E-state index contributed by atoms with van der Waals surface area (Å²) in [7, 11) is 0. The standard InChI is InChI=1S/C18H17ClN2O2S/c1-3-21-11(2)15(18(22)23)16(12-7-4-5-8-13(12)19)20-17(21)14-9-6-10-24-14/h4-10,16H,3H2,1-2H3,(H,22,23). The molecule has 1 aliphatic rings. The van der Waals surface area contributed by atoms with Crippen LogP contribution in [0, 0.1) is 0 Å². The van der Waals surface area contributed by atoms with Crippen LogP contribution in [-0.4, -0.2) is 28.4 Å². The van der Waals surface area contributed by atoms with E-state index in [1.54, 1.807) is 17.4 Å². The van der Waals surface area contributed by atoms with Gasteiger partial charge in [-0.25, -0.2) is 4.79 Å². The lowest BCUT2D eigenvalue weighted by molar-refractivity contribution is -0.133. The summed E-state index contributed by atoms with van der Waals surface area (Å²) in [5, 5.41) is 12.3. The van der Waals surface area contributed by atoms with Gasteiger partial charge in [-0.1, -0.05) is 35.9 Å². The summed E-state index contributed by atoms with van der Waals surface area (Å²) < 4.78 is 0. The molecule has 124 valence electrons. The van der Waals surface area contributed by atoms with E-state index in [1.807, 2.05) is 54.5 Å². The third kappa shape index (κ3) is 2.85. The number of amidine groups is 1. The molecule has 2 heterocycles. The van der Waals surface area contributed by atoms with Crippen molar-refractivity contribution in [3.8, 4) is 0 Å². The highest BCUT2D eigenvalue weighted by Crippen LogP contribution is 2.38. The van der Waals surface area contributed by atoms with E-state index in [9.17, 15) is 9.90 Å². The van der Waals surface area contributed by atoms with Crippen molar-refractivity contribution in [2.45, 2.75) is 19.9 Å². The lowest BCUT2D eigenvalue weighted by Gasteiger charge is -2.33. The molecule has 2 aromatic rings. The summed E-state index contributed by atoms with van der Waals surface area (Å²) in [4.78, 5) is 19.7. The second-order valence-electron chi connectivity index (χ2n) is 5.40. The van der Waals surface area contributed by atoms with Crippen LogP contribution in [0.15, 0.2) is 58.0 Å². The number of hydrogen-bond donors (Lipinski definition) is 1. The number of nitrogens with zero attached hydrogens (tertiary/aromatic N) is 2. The van der Waals surface area contributed by atoms with Gasteiger partial charge in [0.2, 0.25) is 0 Å². The van der Waals surface area contributed by atoms with Crippen LogP contribution in [0.3, 0.4) is 0 Å². The Morgan fingerprint density at radius 2 is 2.08 bits per heavy atom. The van der Waals surface area contributed by atoms with Gasteiger partial charge >= 0.3 is 5.97 Å². The van der Waals surface area contributed by atoms with Gasteiger partial charge in [-0.15, -0.1) is 11.3 Å². The minimum Gasteiger partial charge on any atom is -0.478 e. The first-order valence-corrected chi connectivity index (χ1v) is 8.88. The average molecular weight is 361 g/mol. The SMILES string of the molecule is CCN1C(c2cccs2)=NC(c2ccccc2Cl)C(C(=O)O)=C1C. The van der Waals surface area contributed by atoms with E-state index < -0.39 is 12.0 Å². The van der Waals surface area contributed by atoms with Crippen LogP contribution in [-0.2, 0) is 4.79 Å². The Morgan fingerprint density at radius 1 is 1.33 bits per heavy atom. The molecule has 1 unspecified atom stereocenters. The number of thiophene rings is 1. The minimum atomic E-state index is -0.968. The highest BCUT2D eigenvalue weighted by atomic mass is 35.5. The molecule has 0 bridgehead atoms. The molecule has 0 fully saturated rings. The Kier molecular flexibility index (Phi) is 4.73. The second-order valence-corrected chi connectivity index (χ2v) is 6.76. The van der Waals surface area contributed by atoms with Crippen molar-refractivity contribution in [3.63, 3.8) is 0 Å². The fourth-order valence-electron chi connectivity index (χ4n) is 2.94. The molecule has 1 aromatic carbocycles. The van der Waals surface area contributed by atoms with Gasteiger partial charge in [0.25, 0.3) is 0 Å². The van der Waals surface area contributed by atoms with Crippen LogP contribution in [0.2, 0.25) is 5.02 Å². The molecular formula is C18H17ClN2O2S. The number of carbonyl (C=O) groups is 1. The predicted octanol–water partition coefficient (Wildman–Crippen LogP) is 4.58. The van der Waals surface area contributed by atoms with Gasteiger partial charge in [0.15, 0.2) is 0 Å². The highest BCUT2D eigenvalue weighted by Gasteiger charge is 2.34. The molecule has 6 heteroatoms. The van der Waals surface area contributed by atoms with Crippen molar-refractivity contribution < 1.29 is 9.90 Å². The summed E-state index contributed by atoms with van der Waals surface area (Å²) in [5.74, 6) is -0.176. The van der Waals surface area contributed by atoms with Crippen molar-refractivity contribution in [3.05, 3.63) is 68.5 Å². The molecule has 24 heavy (non-hydrogen) atoms. The van der Waals surface area contributed by atoms with E-state index in [2.05, 4.69) is 0 Å². The summed E-state index contributed by atoms with van der Waals surface area (Å²) in [5.41, 5.74) is 1.68. The Bertz CT molecular complexity index is 827. The molecule has 4 nitrogen and oxygen atoms in total. The van der Waals surface area contributed by atoms with Gasteiger partial charge in [-0.3, -0.25) is 4.99 Å². The fraction of sp³-hybridized carbons (Fsp3) is 0.222. The van der Waals surface area contributed by atoms with Gasteiger partial charge in [0.05, 0.1) is 10.5 Å². The number of carboxylic acids is 1. The molecule has 0 radical (unpaired) electrons. The van der Waals surface area contributed by atoms with Gasteiger partial charge in [0, 0.05) is 22.8 Å². The number of rotatable bonds is 4. The van der Waals surface area contributed by atoms with Crippen LogP contribution in [0.25, 0.3) is 0 Å². The van der Waals surface area contributed by atoms with Crippen LogP contribution >= 0.6 is 22.9 Å². The van der Waals surface area contributed by atoms with E-state index in [0.29, 0.717) is 22.8 Å². The lowest BCUT2D eigenvalue weighted by atomic mass is 9.95. The Balaban J connectivity index is 2.21. The maximum Gasteiger partial charge on any atom is 0.335 e. The Hall–Kier alpha value is -2.11. The number of carboxylic acid groups (broad SMARTS) is 1. The molecular weight excluding hydrogens is 344 g/mol. The number of hydrogen-bond acceptors (Lipinski definition) is 4. The monoisotopic (exact) mass is 360 g/mol. The van der Waals surface area contributed by atoms with E-state index in [-0.39, 0.29) is 5.57 Å². The van der Waals surface area contributed by atoms with Crippen molar-refractivity contribution in [2.75, 3.05) is 6.54 Å². The molecule has 0 saturated carbocycles. The number of aliphatic imine (C=N–C) groups is 1. The number of aliphatic carboxylic acids is 1. The van der Waals surface area contributed by atoms with E-state index in [1.165, 1.54) is 0 Å². The molecule has 3 rings (SSSR count). The zero-order chi connectivity index (χ0) is 17.3. The van der Waals surface area contributed by atoms with Gasteiger partial charge in [0.1, 0.15) is 11.9 Å². The van der Waals surface area contributed by atoms with Gasteiger partial charge < -0.3 is 10.0 Å². The molecule has 0 spiro atoms. The zero-order valence-electron chi connectivity index (χ0n) is 13.4. The fourth-order valence-corrected chi connectivity index (χ4v) is 3.91. The number of halogens is 1. The quantitative estimate of drug-likeness (QED) is 0.868. The first-order chi connectivity index (χ1) is 11.5. The van der Waals surface area contributed by atoms with Crippen molar-refractivity contribution >= 4 is 34.7 Å². The van der Waals surface area contributed by atoms with Gasteiger partial charge in [-0.2, -0.15) is 0 Å². The summed E-state index contributed by atoms with van der Waals surface area (Å²) in [6, 6.07) is 10.6. The molecule has 1 aliphatic heterocycles. The smallest absolute Gasteiger partial charge is 0.335 e. The van der Waals surface area contributed by atoms with Crippen molar-refractivity contribution in [1.29, 1.82) is 0 Å². The Labute approximate surface area is 149 Å². The average Bonchev–Trinajstić information content (AvgIpc) is 3.08. The third-order valence-corrected chi connectivity index (χ3v) is 5.27. The molecule has 0 amide bonds. The molecule has 1 aromatic heterocycles. The van der Waals surface area contributed by atoms with Crippen LogP contribution in [0.5, 0.6) is 0 Å². The highest BCUT2D eigenvalue weighted by molar-refractivity contribution is 7.12. The van der Waals surface area contributed by atoms with Crippen LogP contribution in [0.4, 0.5) is 0 Å². The topological polar surface area (TPSA) is 52.9 Å². The van der Waals surface area contributed by atoms with Gasteiger partial charge in [-0.05, 0) is 31.4 Å². The lowest BCUT2D eigenvalue weighted by Crippen LogP contribution is -2.36. The van der Waals surface area contributed by atoms with E-state index in [0.717, 1.165) is 10.7 Å². The van der Waals surface area contributed by atoms with E-state index in [4.69, 9.17) is 16.6 Å². The summed E-state index contributed by atoms with van der Waals surface area (Å²) in [6.45, 7) is 4.47. The minimum absolute atomic E-state index is 0.269. The summed E-state index contributed by atoms with van der Waals surface area (Å²) in [6.07, 6.45) is 0. The third-order valence-electron chi connectivity index (χ3n) is 4.06. The Morgan fingerprint density at radius 3 is 2.67 bits per heavy atom. The van der Waals surface area contributed by atoms with E-state index >= 15 is 0 Å². The molecule has 0 aliphatic carbocycles. The molecule has 1 atom stereocenters. The largest absolute Gasteiger partial charge is 0.478 e. The second kappa shape index (κ2) is 6.79. The van der Waals surface area contributed by atoms with Crippen molar-refractivity contribution in [2.24, 2.45) is 4.99 Å². The number of allylic oxidation sites excluding steroid dienone is 1. The normalized spacial score (nSPS) is 17.9. The van der Waals surface area contributed by atoms with Crippen molar-refractivity contribution in [1.82, 2.24) is 4.90 Å². The molecule has 0 saturated heterocycles. The maximum absolute atomic E-state index is 11.9.